The molecule has 4 rings (SSSR count). The van der Waals surface area contributed by atoms with Crippen LogP contribution in [0.4, 0.5) is 5.69 Å². The summed E-state index contributed by atoms with van der Waals surface area (Å²) in [5.74, 6) is -0.859. The van der Waals surface area contributed by atoms with Crippen molar-refractivity contribution < 1.29 is 18.0 Å². The van der Waals surface area contributed by atoms with E-state index >= 15 is 0 Å². The fourth-order valence-corrected chi connectivity index (χ4v) is 6.82. The van der Waals surface area contributed by atoms with Crippen molar-refractivity contribution in [1.29, 1.82) is 0 Å². The maximum absolute atomic E-state index is 14.2. The number of nitrogens with zero attached hydrogens (tertiary/aromatic N) is 2. The Hall–Kier alpha value is -2.30. The van der Waals surface area contributed by atoms with E-state index in [0.29, 0.717) is 0 Å². The third-order valence-electron chi connectivity index (χ3n) is 7.18. The van der Waals surface area contributed by atoms with Crippen molar-refractivity contribution in [3.05, 3.63) is 97.4 Å². The summed E-state index contributed by atoms with van der Waals surface area (Å²) in [6, 6.07) is 18.6. The van der Waals surface area contributed by atoms with Crippen LogP contribution in [0.2, 0.25) is 15.1 Å². The number of benzene rings is 3. The number of hydrogen-bond donors (Lipinski definition) is 1. The van der Waals surface area contributed by atoms with Gasteiger partial charge in [0.2, 0.25) is 21.8 Å². The largest absolute Gasteiger partial charge is 0.352 e. The highest BCUT2D eigenvalue weighted by atomic mass is 79.9. The molecule has 1 aliphatic carbocycles. The minimum absolute atomic E-state index is 0.0144. The van der Waals surface area contributed by atoms with Crippen molar-refractivity contribution in [2.75, 3.05) is 17.1 Å². The Morgan fingerprint density at radius 1 is 0.929 bits per heavy atom. The SMILES string of the molecule is CS(=O)(=O)N(CC(=O)N(Cc1ccc(Br)cc1)[C@@H](Cc1ccccc1)C(=O)NC1CCCC1)c1cc(Cl)c(Cl)cc1Cl. The number of carbonyl (C=O) groups is 2. The molecule has 2 amide bonds. The van der Waals surface area contributed by atoms with E-state index in [1.165, 1.54) is 17.0 Å². The standard InChI is InChI=1S/C30H31BrCl3N3O4S/c1-42(40,41)37(27-17-25(33)24(32)16-26(27)34)19-29(38)36(18-21-11-13-22(31)14-12-21)28(15-20-7-3-2-4-8-20)30(39)35-23-9-5-6-10-23/h2-4,7-8,11-14,16-17,23,28H,5-6,9-10,15,18-19H2,1H3,(H,35,39)/t28-/m0/s1. The molecule has 1 fully saturated rings. The van der Waals surface area contributed by atoms with E-state index in [4.69, 9.17) is 34.8 Å². The lowest BCUT2D eigenvalue weighted by atomic mass is 10.0. The minimum Gasteiger partial charge on any atom is -0.352 e. The number of anilines is 1. The van der Waals surface area contributed by atoms with Gasteiger partial charge in [0, 0.05) is 23.5 Å². The smallest absolute Gasteiger partial charge is 0.244 e. The maximum atomic E-state index is 14.2. The van der Waals surface area contributed by atoms with E-state index in [1.54, 1.807) is 0 Å². The van der Waals surface area contributed by atoms with Gasteiger partial charge in [-0.15, -0.1) is 0 Å². The van der Waals surface area contributed by atoms with Crippen LogP contribution in [0.3, 0.4) is 0 Å². The third-order valence-corrected chi connectivity index (χ3v) is 9.86. The molecule has 1 atom stereocenters. The Labute approximate surface area is 270 Å². The first-order chi connectivity index (χ1) is 19.9. The second-order valence-electron chi connectivity index (χ2n) is 10.3. The predicted molar refractivity (Wildman–Crippen MR) is 173 cm³/mol. The molecule has 7 nitrogen and oxygen atoms in total. The van der Waals surface area contributed by atoms with Gasteiger partial charge in [-0.05, 0) is 48.2 Å². The van der Waals surface area contributed by atoms with Gasteiger partial charge in [0.15, 0.2) is 0 Å². The Bertz CT molecular complexity index is 1520. The summed E-state index contributed by atoms with van der Waals surface area (Å²) >= 11 is 22.1. The number of rotatable bonds is 11. The molecule has 12 heteroatoms. The molecule has 0 radical (unpaired) electrons. The van der Waals surface area contributed by atoms with Crippen LogP contribution >= 0.6 is 50.7 Å². The average Bonchev–Trinajstić information content (AvgIpc) is 3.45. The van der Waals surface area contributed by atoms with Crippen molar-refractivity contribution in [3.8, 4) is 0 Å². The summed E-state index contributed by atoms with van der Waals surface area (Å²) in [5.41, 5.74) is 1.66. The number of sulfonamides is 1. The van der Waals surface area contributed by atoms with E-state index in [-0.39, 0.29) is 45.7 Å². The number of amides is 2. The lowest BCUT2D eigenvalue weighted by molar-refractivity contribution is -0.140. The van der Waals surface area contributed by atoms with Crippen LogP contribution < -0.4 is 9.62 Å². The van der Waals surface area contributed by atoms with Gasteiger partial charge in [-0.25, -0.2) is 8.42 Å². The Morgan fingerprint density at radius 2 is 1.55 bits per heavy atom. The fraction of sp³-hybridized carbons (Fsp3) is 0.333. The molecular weight excluding hydrogens is 685 g/mol. The fourth-order valence-electron chi connectivity index (χ4n) is 5.01. The van der Waals surface area contributed by atoms with Gasteiger partial charge >= 0.3 is 0 Å². The van der Waals surface area contributed by atoms with Gasteiger partial charge in [0.1, 0.15) is 12.6 Å². The van der Waals surface area contributed by atoms with Crippen LogP contribution in [0.25, 0.3) is 0 Å². The molecule has 0 unspecified atom stereocenters. The van der Waals surface area contributed by atoms with Gasteiger partial charge in [-0.3, -0.25) is 13.9 Å². The molecule has 224 valence electrons. The van der Waals surface area contributed by atoms with E-state index < -0.39 is 28.5 Å². The second kappa shape index (κ2) is 14.4. The lowest BCUT2D eigenvalue weighted by Crippen LogP contribution is -2.54. The van der Waals surface area contributed by atoms with Crippen molar-refractivity contribution in [2.45, 2.75) is 50.7 Å². The summed E-state index contributed by atoms with van der Waals surface area (Å²) in [6.45, 7) is -0.524. The van der Waals surface area contributed by atoms with Crippen molar-refractivity contribution >= 4 is 78.3 Å². The highest BCUT2D eigenvalue weighted by Gasteiger charge is 2.34. The summed E-state index contributed by atoms with van der Waals surface area (Å²) in [5, 5.41) is 3.39. The quantitative estimate of drug-likeness (QED) is 0.220. The summed E-state index contributed by atoms with van der Waals surface area (Å²) in [4.78, 5) is 29.5. The number of nitrogens with one attached hydrogen (secondary N) is 1. The molecule has 42 heavy (non-hydrogen) atoms. The molecule has 0 saturated heterocycles. The number of hydrogen-bond acceptors (Lipinski definition) is 4. The second-order valence-corrected chi connectivity index (χ2v) is 14.4. The zero-order valence-corrected chi connectivity index (χ0v) is 27.6. The highest BCUT2D eigenvalue weighted by molar-refractivity contribution is 9.10. The Kier molecular flexibility index (Phi) is 11.2. The first-order valence-electron chi connectivity index (χ1n) is 13.4. The van der Waals surface area contributed by atoms with Crippen molar-refractivity contribution in [3.63, 3.8) is 0 Å². The van der Waals surface area contributed by atoms with E-state index in [0.717, 1.165) is 51.8 Å². The van der Waals surface area contributed by atoms with Gasteiger partial charge in [0.05, 0.1) is 27.0 Å². The molecule has 3 aromatic rings. The van der Waals surface area contributed by atoms with E-state index in [9.17, 15) is 18.0 Å². The van der Waals surface area contributed by atoms with Gasteiger partial charge < -0.3 is 10.2 Å². The van der Waals surface area contributed by atoms with Crippen molar-refractivity contribution in [1.82, 2.24) is 10.2 Å². The lowest BCUT2D eigenvalue weighted by Gasteiger charge is -2.34. The molecule has 0 bridgehead atoms. The van der Waals surface area contributed by atoms with Crippen LogP contribution in [-0.4, -0.2) is 50.0 Å². The molecule has 1 aliphatic rings. The van der Waals surface area contributed by atoms with Gasteiger partial charge in [0.25, 0.3) is 0 Å². The topological polar surface area (TPSA) is 86.8 Å². The van der Waals surface area contributed by atoms with E-state index in [2.05, 4.69) is 21.2 Å². The maximum Gasteiger partial charge on any atom is 0.244 e. The molecule has 0 spiro atoms. The summed E-state index contributed by atoms with van der Waals surface area (Å²) in [6.07, 6.45) is 5.04. The molecule has 0 aromatic heterocycles. The molecule has 0 aliphatic heterocycles. The molecular formula is C30H31BrCl3N3O4S. The molecule has 3 aromatic carbocycles. The van der Waals surface area contributed by atoms with Crippen LogP contribution in [0.15, 0.2) is 71.2 Å². The third kappa shape index (κ3) is 8.63. The predicted octanol–water partition coefficient (Wildman–Crippen LogP) is 6.87. The number of halogens is 4. The molecule has 1 saturated carbocycles. The highest BCUT2D eigenvalue weighted by Crippen LogP contribution is 2.36. The van der Waals surface area contributed by atoms with Gasteiger partial charge in [-0.1, -0.05) is 106 Å². The van der Waals surface area contributed by atoms with Crippen LogP contribution in [0, 0.1) is 0 Å². The Balaban J connectivity index is 1.75. The zero-order valence-electron chi connectivity index (χ0n) is 22.9. The zero-order chi connectivity index (χ0) is 30.4. The van der Waals surface area contributed by atoms with Crippen LogP contribution in [0.1, 0.15) is 36.8 Å². The van der Waals surface area contributed by atoms with Crippen molar-refractivity contribution in [2.24, 2.45) is 0 Å². The normalized spacial score (nSPS) is 14.4. The van der Waals surface area contributed by atoms with Crippen LogP contribution in [-0.2, 0) is 32.6 Å². The first-order valence-corrected chi connectivity index (χ1v) is 17.2. The average molecular weight is 716 g/mol. The number of carbonyl (C=O) groups excluding carboxylic acids is 2. The first kappa shape index (κ1) is 32.6. The van der Waals surface area contributed by atoms with E-state index in [1.807, 2.05) is 54.6 Å². The monoisotopic (exact) mass is 713 g/mol. The Morgan fingerprint density at radius 3 is 2.17 bits per heavy atom. The molecule has 0 heterocycles. The summed E-state index contributed by atoms with van der Waals surface area (Å²) in [7, 11) is -4.01. The molecule has 1 N–H and O–H groups in total. The van der Waals surface area contributed by atoms with Crippen LogP contribution in [0.5, 0.6) is 0 Å². The minimum atomic E-state index is -4.01. The summed E-state index contributed by atoms with van der Waals surface area (Å²) < 4.78 is 27.7. The van der Waals surface area contributed by atoms with Gasteiger partial charge in [-0.2, -0.15) is 0 Å².